The second kappa shape index (κ2) is 5.35. The highest BCUT2D eigenvalue weighted by atomic mass is 16.2. The van der Waals surface area contributed by atoms with E-state index in [-0.39, 0.29) is 24.3 Å². The van der Waals surface area contributed by atoms with E-state index in [0.29, 0.717) is 23.8 Å². The number of amides is 2. The molecule has 0 aromatic carbocycles. The van der Waals surface area contributed by atoms with Gasteiger partial charge in [-0.25, -0.2) is 4.98 Å². The Morgan fingerprint density at radius 2 is 2.33 bits per heavy atom. The molecule has 1 atom stereocenters. The summed E-state index contributed by atoms with van der Waals surface area (Å²) in [6.07, 6.45) is 3.48. The van der Waals surface area contributed by atoms with Crippen LogP contribution in [0.3, 0.4) is 0 Å². The van der Waals surface area contributed by atoms with Crippen LogP contribution in [0.1, 0.15) is 23.0 Å². The monoisotopic (exact) mass is 285 g/mol. The molecule has 2 aromatic rings. The van der Waals surface area contributed by atoms with Gasteiger partial charge in [-0.05, 0) is 12.1 Å². The Morgan fingerprint density at radius 3 is 3.05 bits per heavy atom. The quantitative estimate of drug-likeness (QED) is 0.852. The van der Waals surface area contributed by atoms with Crippen molar-refractivity contribution in [3.8, 4) is 11.5 Å². The number of hydrogen-bond acceptors (Lipinski definition) is 4. The highest BCUT2D eigenvalue weighted by Gasteiger charge is 2.30. The number of rotatable bonds is 3. The molecule has 1 aliphatic heterocycles. The standard InChI is InChI=1S/C14H15N5O2/c1-15-12(20)6-9-7-18-14(21)11-8-17-13(19(9)11)10-4-2-3-5-16-10/h2-5,8-9H,6-7H2,1H3,(H,15,20)(H,18,21). The Kier molecular flexibility index (Phi) is 3.39. The third-order valence-corrected chi connectivity index (χ3v) is 3.49. The van der Waals surface area contributed by atoms with E-state index < -0.39 is 0 Å². The van der Waals surface area contributed by atoms with E-state index in [4.69, 9.17) is 0 Å². The van der Waals surface area contributed by atoms with E-state index in [1.165, 1.54) is 6.20 Å². The zero-order valence-electron chi connectivity index (χ0n) is 11.5. The number of fused-ring (bicyclic) bond motifs is 1. The first-order valence-corrected chi connectivity index (χ1v) is 6.68. The average molecular weight is 285 g/mol. The van der Waals surface area contributed by atoms with Crippen molar-refractivity contribution in [2.45, 2.75) is 12.5 Å². The van der Waals surface area contributed by atoms with E-state index >= 15 is 0 Å². The second-order valence-corrected chi connectivity index (χ2v) is 4.79. The minimum Gasteiger partial charge on any atom is -0.359 e. The van der Waals surface area contributed by atoms with Gasteiger partial charge in [0.2, 0.25) is 5.91 Å². The number of nitrogens with zero attached hydrogens (tertiary/aromatic N) is 3. The van der Waals surface area contributed by atoms with Crippen LogP contribution in [0.2, 0.25) is 0 Å². The van der Waals surface area contributed by atoms with Crippen molar-refractivity contribution in [3.63, 3.8) is 0 Å². The fraction of sp³-hybridized carbons (Fsp3) is 0.286. The minimum atomic E-state index is -0.183. The van der Waals surface area contributed by atoms with Crippen LogP contribution in [-0.2, 0) is 4.79 Å². The molecular formula is C14H15N5O2. The predicted octanol–water partition coefficient (Wildman–Crippen LogP) is 0.366. The van der Waals surface area contributed by atoms with Crippen molar-refractivity contribution in [1.29, 1.82) is 0 Å². The molecule has 7 nitrogen and oxygen atoms in total. The third-order valence-electron chi connectivity index (χ3n) is 3.49. The van der Waals surface area contributed by atoms with Gasteiger partial charge in [-0.2, -0.15) is 0 Å². The first-order valence-electron chi connectivity index (χ1n) is 6.68. The van der Waals surface area contributed by atoms with E-state index in [0.717, 1.165) is 0 Å². The van der Waals surface area contributed by atoms with Gasteiger partial charge in [0.15, 0.2) is 5.82 Å². The van der Waals surface area contributed by atoms with E-state index in [2.05, 4.69) is 20.6 Å². The van der Waals surface area contributed by atoms with Gasteiger partial charge in [0.05, 0.1) is 12.2 Å². The third kappa shape index (κ3) is 2.37. The highest BCUT2D eigenvalue weighted by Crippen LogP contribution is 2.26. The molecule has 2 aromatic heterocycles. The molecule has 0 radical (unpaired) electrons. The van der Waals surface area contributed by atoms with Crippen molar-refractivity contribution in [1.82, 2.24) is 25.2 Å². The molecule has 0 aliphatic carbocycles. The van der Waals surface area contributed by atoms with Crippen molar-refractivity contribution >= 4 is 11.8 Å². The molecule has 0 fully saturated rings. The predicted molar refractivity (Wildman–Crippen MR) is 75.5 cm³/mol. The molecule has 1 aliphatic rings. The minimum absolute atomic E-state index is 0.0808. The molecule has 1 unspecified atom stereocenters. The first-order chi connectivity index (χ1) is 10.2. The van der Waals surface area contributed by atoms with E-state index in [9.17, 15) is 9.59 Å². The Morgan fingerprint density at radius 1 is 1.48 bits per heavy atom. The summed E-state index contributed by atoms with van der Waals surface area (Å²) in [5, 5.41) is 5.39. The number of hydrogen-bond donors (Lipinski definition) is 2. The summed E-state index contributed by atoms with van der Waals surface area (Å²) in [6, 6.07) is 5.34. The number of pyridine rings is 1. The van der Waals surface area contributed by atoms with Crippen LogP contribution in [0, 0.1) is 0 Å². The van der Waals surface area contributed by atoms with Gasteiger partial charge in [0.25, 0.3) is 5.91 Å². The normalized spacial score (nSPS) is 17.0. The maximum atomic E-state index is 11.9. The SMILES string of the molecule is CNC(=O)CC1CNC(=O)c2cnc(-c3ccccn3)n21. The molecule has 2 N–H and O–H groups in total. The smallest absolute Gasteiger partial charge is 0.269 e. The topological polar surface area (TPSA) is 88.9 Å². The average Bonchev–Trinajstić information content (AvgIpc) is 2.97. The van der Waals surface area contributed by atoms with Crippen molar-refractivity contribution in [2.75, 3.05) is 13.6 Å². The summed E-state index contributed by atoms with van der Waals surface area (Å²) >= 11 is 0. The number of carbonyl (C=O) groups excluding carboxylic acids is 2. The van der Waals surface area contributed by atoms with E-state index in [1.54, 1.807) is 17.8 Å². The van der Waals surface area contributed by atoms with Crippen LogP contribution < -0.4 is 10.6 Å². The Bertz CT molecular complexity index is 680. The van der Waals surface area contributed by atoms with Gasteiger partial charge in [-0.15, -0.1) is 0 Å². The lowest BCUT2D eigenvalue weighted by molar-refractivity contribution is -0.121. The summed E-state index contributed by atoms with van der Waals surface area (Å²) < 4.78 is 1.80. The van der Waals surface area contributed by atoms with E-state index in [1.807, 2.05) is 18.2 Å². The zero-order valence-corrected chi connectivity index (χ0v) is 11.5. The van der Waals surface area contributed by atoms with Gasteiger partial charge >= 0.3 is 0 Å². The van der Waals surface area contributed by atoms with Crippen LogP contribution in [-0.4, -0.2) is 39.9 Å². The zero-order chi connectivity index (χ0) is 14.8. The van der Waals surface area contributed by atoms with Crippen LogP contribution >= 0.6 is 0 Å². The molecule has 0 bridgehead atoms. The lowest BCUT2D eigenvalue weighted by Crippen LogP contribution is -2.40. The molecule has 0 spiro atoms. The maximum absolute atomic E-state index is 11.9. The summed E-state index contributed by atoms with van der Waals surface area (Å²) in [7, 11) is 1.60. The summed E-state index contributed by atoms with van der Waals surface area (Å²) in [4.78, 5) is 32.2. The number of imidazole rings is 1. The number of carbonyl (C=O) groups is 2. The summed E-state index contributed by atoms with van der Waals surface area (Å²) in [6.45, 7) is 0.398. The Labute approximate surface area is 121 Å². The molecule has 0 saturated heterocycles. The number of aromatic nitrogens is 3. The molecule has 108 valence electrons. The van der Waals surface area contributed by atoms with Crippen molar-refractivity contribution in [2.24, 2.45) is 0 Å². The van der Waals surface area contributed by atoms with Crippen LogP contribution in [0.15, 0.2) is 30.6 Å². The Hall–Kier alpha value is -2.70. The van der Waals surface area contributed by atoms with Crippen LogP contribution in [0.5, 0.6) is 0 Å². The fourth-order valence-corrected chi connectivity index (χ4v) is 2.45. The summed E-state index contributed by atoms with van der Waals surface area (Å²) in [5.74, 6) is 0.343. The van der Waals surface area contributed by atoms with Gasteiger partial charge in [-0.3, -0.25) is 14.6 Å². The lowest BCUT2D eigenvalue weighted by Gasteiger charge is -2.26. The summed E-state index contributed by atoms with van der Waals surface area (Å²) in [5.41, 5.74) is 1.14. The molecule has 21 heavy (non-hydrogen) atoms. The first kappa shape index (κ1) is 13.3. The lowest BCUT2D eigenvalue weighted by atomic mass is 10.1. The molecule has 3 rings (SSSR count). The largest absolute Gasteiger partial charge is 0.359 e. The van der Waals surface area contributed by atoms with Crippen molar-refractivity contribution < 1.29 is 9.59 Å². The van der Waals surface area contributed by atoms with Crippen LogP contribution in [0.4, 0.5) is 0 Å². The van der Waals surface area contributed by atoms with Gasteiger partial charge in [0, 0.05) is 26.2 Å². The molecule has 3 heterocycles. The molecule has 2 amide bonds. The second-order valence-electron chi connectivity index (χ2n) is 4.79. The van der Waals surface area contributed by atoms with Gasteiger partial charge < -0.3 is 15.2 Å². The van der Waals surface area contributed by atoms with Gasteiger partial charge in [-0.1, -0.05) is 6.07 Å². The fourth-order valence-electron chi connectivity index (χ4n) is 2.45. The molecule has 7 heteroatoms. The number of nitrogens with one attached hydrogen (secondary N) is 2. The van der Waals surface area contributed by atoms with Crippen molar-refractivity contribution in [3.05, 3.63) is 36.3 Å². The molecule has 0 saturated carbocycles. The van der Waals surface area contributed by atoms with Gasteiger partial charge in [0.1, 0.15) is 11.4 Å². The maximum Gasteiger partial charge on any atom is 0.269 e. The van der Waals surface area contributed by atoms with Crippen LogP contribution in [0.25, 0.3) is 11.5 Å². The molecular weight excluding hydrogens is 270 g/mol. The Balaban J connectivity index is 2.05. The highest BCUT2D eigenvalue weighted by molar-refractivity contribution is 5.94.